The molecule has 0 aliphatic heterocycles. The molecule has 3 aromatic rings. The molecule has 0 unspecified atom stereocenters. The Morgan fingerprint density at radius 3 is 2.77 bits per heavy atom. The van der Waals surface area contributed by atoms with Crippen LogP contribution >= 0.6 is 0 Å². The number of carbonyl (C=O) groups is 2. The molecule has 0 atom stereocenters. The third-order valence-electron chi connectivity index (χ3n) is 3.83. The minimum absolute atomic E-state index is 0.0852. The van der Waals surface area contributed by atoms with Crippen LogP contribution in [-0.4, -0.2) is 41.5 Å². The van der Waals surface area contributed by atoms with E-state index in [0.717, 1.165) is 11.1 Å². The molecule has 0 aliphatic rings. The second-order valence-electron chi connectivity index (χ2n) is 5.79. The van der Waals surface area contributed by atoms with Crippen molar-refractivity contribution in [1.82, 2.24) is 24.5 Å². The molecule has 0 radical (unpaired) electrons. The minimum atomic E-state index is -1.05. The molecule has 1 amide bonds. The van der Waals surface area contributed by atoms with Gasteiger partial charge in [0.05, 0.1) is 18.3 Å². The van der Waals surface area contributed by atoms with Crippen LogP contribution in [0.2, 0.25) is 0 Å². The van der Waals surface area contributed by atoms with Gasteiger partial charge in [-0.2, -0.15) is 5.10 Å². The normalized spacial score (nSPS) is 10.7. The van der Waals surface area contributed by atoms with Gasteiger partial charge in [0, 0.05) is 19.2 Å². The molecule has 134 valence electrons. The van der Waals surface area contributed by atoms with Gasteiger partial charge in [-0.3, -0.25) is 14.8 Å². The fourth-order valence-electron chi connectivity index (χ4n) is 2.39. The zero-order chi connectivity index (χ0) is 18.5. The van der Waals surface area contributed by atoms with Crippen molar-refractivity contribution >= 4 is 17.8 Å². The van der Waals surface area contributed by atoms with Crippen molar-refractivity contribution in [2.75, 3.05) is 5.32 Å². The van der Waals surface area contributed by atoms with Crippen molar-refractivity contribution in [1.29, 1.82) is 0 Å². The molecule has 26 heavy (non-hydrogen) atoms. The Morgan fingerprint density at radius 2 is 2.04 bits per heavy atom. The lowest BCUT2D eigenvalue weighted by Crippen LogP contribution is -2.16. The summed E-state index contributed by atoms with van der Waals surface area (Å²) in [6.07, 6.45) is 4.32. The van der Waals surface area contributed by atoms with Gasteiger partial charge in [0.2, 0.25) is 11.9 Å². The number of anilines is 1. The first-order valence-electron chi connectivity index (χ1n) is 8.01. The molecule has 0 aliphatic carbocycles. The summed E-state index contributed by atoms with van der Waals surface area (Å²) in [5, 5.41) is 19.6. The van der Waals surface area contributed by atoms with E-state index < -0.39 is 5.97 Å². The van der Waals surface area contributed by atoms with Crippen LogP contribution in [0.5, 0.6) is 0 Å². The SMILES string of the molecule is Cc1ccccc1Cn1cnc(NC(=O)CCn2cc(C(=O)O)cn2)n1. The number of nitrogens with one attached hydrogen (secondary N) is 1. The van der Waals surface area contributed by atoms with Crippen LogP contribution < -0.4 is 5.32 Å². The molecule has 2 aromatic heterocycles. The Bertz CT molecular complexity index is 930. The van der Waals surface area contributed by atoms with E-state index in [1.54, 1.807) is 11.0 Å². The minimum Gasteiger partial charge on any atom is -0.478 e. The van der Waals surface area contributed by atoms with E-state index in [0.29, 0.717) is 6.54 Å². The summed E-state index contributed by atoms with van der Waals surface area (Å²) in [6, 6.07) is 7.99. The first kappa shape index (κ1) is 17.3. The van der Waals surface area contributed by atoms with Crippen molar-refractivity contribution in [2.45, 2.75) is 26.4 Å². The van der Waals surface area contributed by atoms with E-state index in [4.69, 9.17) is 5.11 Å². The lowest BCUT2D eigenvalue weighted by Gasteiger charge is -2.04. The number of nitrogens with zero attached hydrogens (tertiary/aromatic N) is 5. The Kier molecular flexibility index (Phi) is 5.07. The topological polar surface area (TPSA) is 115 Å². The van der Waals surface area contributed by atoms with Gasteiger partial charge in [-0.25, -0.2) is 14.5 Å². The van der Waals surface area contributed by atoms with Crippen LogP contribution in [0.1, 0.15) is 27.9 Å². The number of aromatic carboxylic acids is 1. The molecular formula is C17H18N6O3. The summed E-state index contributed by atoms with van der Waals surface area (Å²) in [6.45, 7) is 2.86. The Hall–Kier alpha value is -3.49. The van der Waals surface area contributed by atoms with Crippen molar-refractivity contribution in [3.63, 3.8) is 0 Å². The highest BCUT2D eigenvalue weighted by molar-refractivity contribution is 5.89. The molecule has 9 nitrogen and oxygen atoms in total. The standard InChI is InChI=1S/C17H18N6O3/c1-12-4-2-3-5-13(12)9-23-11-18-17(21-23)20-15(24)6-7-22-10-14(8-19-22)16(25)26/h2-5,8,10-11H,6-7,9H2,1H3,(H,25,26)(H,20,21,24). The highest BCUT2D eigenvalue weighted by Crippen LogP contribution is 2.09. The van der Waals surface area contributed by atoms with E-state index in [2.05, 4.69) is 20.5 Å². The number of rotatable bonds is 7. The summed E-state index contributed by atoms with van der Waals surface area (Å²) in [7, 11) is 0. The van der Waals surface area contributed by atoms with E-state index in [-0.39, 0.29) is 30.4 Å². The Labute approximate surface area is 149 Å². The summed E-state index contributed by atoms with van der Waals surface area (Å²) >= 11 is 0. The second kappa shape index (κ2) is 7.60. The number of aromatic nitrogens is 5. The highest BCUT2D eigenvalue weighted by Gasteiger charge is 2.10. The molecule has 9 heteroatoms. The molecule has 3 rings (SSSR count). The third-order valence-corrected chi connectivity index (χ3v) is 3.83. The molecule has 0 bridgehead atoms. The van der Waals surface area contributed by atoms with Crippen molar-refractivity contribution < 1.29 is 14.7 Å². The maximum Gasteiger partial charge on any atom is 0.338 e. The molecular weight excluding hydrogens is 336 g/mol. The van der Waals surface area contributed by atoms with Crippen molar-refractivity contribution in [2.24, 2.45) is 0 Å². The van der Waals surface area contributed by atoms with Crippen LogP contribution in [-0.2, 0) is 17.9 Å². The number of carboxylic acid groups (broad SMARTS) is 1. The van der Waals surface area contributed by atoms with Gasteiger partial charge in [-0.1, -0.05) is 24.3 Å². The van der Waals surface area contributed by atoms with Crippen molar-refractivity contribution in [3.8, 4) is 0 Å². The largest absolute Gasteiger partial charge is 0.478 e. The average Bonchev–Trinajstić information content (AvgIpc) is 3.25. The number of carbonyl (C=O) groups excluding carboxylic acids is 1. The summed E-state index contributed by atoms with van der Waals surface area (Å²) < 4.78 is 3.07. The summed E-state index contributed by atoms with van der Waals surface area (Å²) in [4.78, 5) is 26.9. The number of amides is 1. The fourth-order valence-corrected chi connectivity index (χ4v) is 2.39. The second-order valence-corrected chi connectivity index (χ2v) is 5.79. The van der Waals surface area contributed by atoms with Gasteiger partial charge >= 0.3 is 5.97 Å². The zero-order valence-corrected chi connectivity index (χ0v) is 14.2. The lowest BCUT2D eigenvalue weighted by molar-refractivity contribution is -0.116. The van der Waals surface area contributed by atoms with Crippen LogP contribution in [0.15, 0.2) is 43.0 Å². The molecule has 1 aromatic carbocycles. The van der Waals surface area contributed by atoms with E-state index >= 15 is 0 Å². The predicted molar refractivity (Wildman–Crippen MR) is 92.7 cm³/mol. The fraction of sp³-hybridized carbons (Fsp3) is 0.235. The van der Waals surface area contributed by atoms with Gasteiger partial charge in [0.1, 0.15) is 6.33 Å². The monoisotopic (exact) mass is 354 g/mol. The van der Waals surface area contributed by atoms with E-state index in [1.807, 2.05) is 31.2 Å². The van der Waals surface area contributed by atoms with Gasteiger partial charge in [-0.15, -0.1) is 5.10 Å². The number of carboxylic acids is 1. The van der Waals surface area contributed by atoms with Crippen LogP contribution in [0, 0.1) is 6.92 Å². The van der Waals surface area contributed by atoms with Crippen molar-refractivity contribution in [3.05, 3.63) is 59.7 Å². The summed E-state index contributed by atoms with van der Waals surface area (Å²) in [5.41, 5.74) is 2.37. The van der Waals surface area contributed by atoms with Crippen LogP contribution in [0.25, 0.3) is 0 Å². The quantitative estimate of drug-likeness (QED) is 0.665. The molecule has 2 heterocycles. The summed E-state index contributed by atoms with van der Waals surface area (Å²) in [5.74, 6) is -1.09. The van der Waals surface area contributed by atoms with Gasteiger partial charge < -0.3 is 5.11 Å². The zero-order valence-electron chi connectivity index (χ0n) is 14.2. The molecule has 2 N–H and O–H groups in total. The van der Waals surface area contributed by atoms with Crippen LogP contribution in [0.4, 0.5) is 5.95 Å². The molecule has 0 spiro atoms. The molecule has 0 fully saturated rings. The average molecular weight is 354 g/mol. The van der Waals surface area contributed by atoms with Gasteiger partial charge in [0.25, 0.3) is 0 Å². The number of hydrogen-bond donors (Lipinski definition) is 2. The third kappa shape index (κ3) is 4.32. The van der Waals surface area contributed by atoms with Crippen LogP contribution in [0.3, 0.4) is 0 Å². The van der Waals surface area contributed by atoms with E-state index in [1.165, 1.54) is 17.1 Å². The number of aryl methyl sites for hydroxylation is 2. The highest BCUT2D eigenvalue weighted by atomic mass is 16.4. The van der Waals surface area contributed by atoms with Gasteiger partial charge in [-0.05, 0) is 18.1 Å². The van der Waals surface area contributed by atoms with E-state index in [9.17, 15) is 9.59 Å². The Balaban J connectivity index is 1.52. The van der Waals surface area contributed by atoms with Gasteiger partial charge in [0.15, 0.2) is 0 Å². The smallest absolute Gasteiger partial charge is 0.338 e. The number of hydrogen-bond acceptors (Lipinski definition) is 5. The molecule has 0 saturated heterocycles. The Morgan fingerprint density at radius 1 is 1.23 bits per heavy atom. The number of benzene rings is 1. The lowest BCUT2D eigenvalue weighted by atomic mass is 10.1. The first-order valence-corrected chi connectivity index (χ1v) is 8.01. The first-order chi connectivity index (χ1) is 12.5. The molecule has 0 saturated carbocycles. The predicted octanol–water partition coefficient (Wildman–Crippen LogP) is 1.56. The maximum atomic E-state index is 12.0. The maximum absolute atomic E-state index is 12.0.